The van der Waals surface area contributed by atoms with Gasteiger partial charge in [-0.15, -0.1) is 0 Å². The Morgan fingerprint density at radius 3 is 1.80 bits per heavy atom. The lowest BCUT2D eigenvalue weighted by Gasteiger charge is -2.27. The van der Waals surface area contributed by atoms with Crippen molar-refractivity contribution in [3.63, 3.8) is 0 Å². The molecule has 0 aromatic rings. The van der Waals surface area contributed by atoms with Gasteiger partial charge >= 0.3 is 11.9 Å². The van der Waals surface area contributed by atoms with Gasteiger partial charge < -0.3 is 14.6 Å². The Bertz CT molecular complexity index is 206. The van der Waals surface area contributed by atoms with E-state index in [9.17, 15) is 9.59 Å². The fraction of sp³-hybridized carbons (Fsp3) is 0.800. The number of carbonyl (C=O) groups is 2. The van der Waals surface area contributed by atoms with Gasteiger partial charge in [0.05, 0.1) is 13.2 Å². The third-order valence-electron chi connectivity index (χ3n) is 1.96. The van der Waals surface area contributed by atoms with E-state index in [-0.39, 0.29) is 31.8 Å². The molecule has 5 nitrogen and oxygen atoms in total. The van der Waals surface area contributed by atoms with E-state index >= 15 is 0 Å². The highest BCUT2D eigenvalue weighted by Gasteiger charge is 2.27. The van der Waals surface area contributed by atoms with Gasteiger partial charge in [0.1, 0.15) is 0 Å². The minimum absolute atomic E-state index is 0.0426. The molecule has 0 spiro atoms. The molecule has 5 heteroatoms. The molecule has 0 aromatic heterocycles. The maximum absolute atomic E-state index is 10.6. The van der Waals surface area contributed by atoms with Crippen molar-refractivity contribution in [2.24, 2.45) is 5.41 Å². The lowest BCUT2D eigenvalue weighted by molar-refractivity contribution is -0.151. The van der Waals surface area contributed by atoms with Crippen molar-refractivity contribution in [1.29, 1.82) is 0 Å². The molecule has 0 bridgehead atoms. The molecule has 0 aliphatic heterocycles. The van der Waals surface area contributed by atoms with Gasteiger partial charge in [-0.2, -0.15) is 0 Å². The summed E-state index contributed by atoms with van der Waals surface area (Å²) >= 11 is 0. The molecule has 0 heterocycles. The highest BCUT2D eigenvalue weighted by Crippen LogP contribution is 2.22. The molecule has 0 unspecified atom stereocenters. The van der Waals surface area contributed by atoms with E-state index in [1.807, 2.05) is 0 Å². The summed E-state index contributed by atoms with van der Waals surface area (Å²) in [6.07, 6.45) is 0.410. The van der Waals surface area contributed by atoms with Gasteiger partial charge in [-0.05, 0) is 6.42 Å². The monoisotopic (exact) mass is 218 g/mol. The van der Waals surface area contributed by atoms with Crippen molar-refractivity contribution >= 4 is 11.9 Å². The van der Waals surface area contributed by atoms with Crippen LogP contribution in [0.1, 0.15) is 27.2 Å². The molecule has 0 aliphatic rings. The molecule has 0 fully saturated rings. The fourth-order valence-electron chi connectivity index (χ4n) is 1.01. The van der Waals surface area contributed by atoms with Crippen LogP contribution < -0.4 is 0 Å². The quantitative estimate of drug-likeness (QED) is 0.657. The van der Waals surface area contributed by atoms with E-state index in [0.717, 1.165) is 0 Å². The van der Waals surface area contributed by atoms with Crippen molar-refractivity contribution in [3.8, 4) is 0 Å². The molecule has 1 N–H and O–H groups in total. The van der Waals surface area contributed by atoms with Crippen LogP contribution in [0.5, 0.6) is 0 Å². The number of carbonyl (C=O) groups excluding carboxylic acids is 2. The Hall–Kier alpha value is -1.10. The van der Waals surface area contributed by atoms with Crippen molar-refractivity contribution in [2.75, 3.05) is 19.8 Å². The van der Waals surface area contributed by atoms with Gasteiger partial charge in [0.15, 0.2) is 0 Å². The predicted octanol–water partition coefficient (Wildman–Crippen LogP) is 0.501. The van der Waals surface area contributed by atoms with E-state index in [0.29, 0.717) is 6.42 Å². The largest absolute Gasteiger partial charge is 0.465 e. The van der Waals surface area contributed by atoms with Crippen LogP contribution in [0.15, 0.2) is 0 Å². The molecular formula is C10H18O5. The number of rotatable bonds is 6. The van der Waals surface area contributed by atoms with Crippen LogP contribution in [0.2, 0.25) is 0 Å². The molecule has 0 aliphatic carbocycles. The highest BCUT2D eigenvalue weighted by atomic mass is 16.5. The summed E-state index contributed by atoms with van der Waals surface area (Å²) in [6, 6.07) is 0. The molecule has 0 radical (unpaired) electrons. The maximum Gasteiger partial charge on any atom is 0.302 e. The Kier molecular flexibility index (Phi) is 5.93. The average Bonchev–Trinajstić information content (AvgIpc) is 2.13. The van der Waals surface area contributed by atoms with Crippen molar-refractivity contribution < 1.29 is 24.2 Å². The third kappa shape index (κ3) is 6.90. The first-order valence-electron chi connectivity index (χ1n) is 4.77. The molecule has 0 aromatic carbocycles. The second-order valence-corrected chi connectivity index (χ2v) is 3.84. The topological polar surface area (TPSA) is 72.8 Å². The van der Waals surface area contributed by atoms with Crippen molar-refractivity contribution in [1.82, 2.24) is 0 Å². The van der Waals surface area contributed by atoms with Gasteiger partial charge in [0.25, 0.3) is 0 Å². The summed E-state index contributed by atoms with van der Waals surface area (Å²) in [5.74, 6) is -0.774. The molecule has 0 saturated heterocycles. The van der Waals surface area contributed by atoms with E-state index in [1.54, 1.807) is 6.92 Å². The zero-order chi connectivity index (χ0) is 11.9. The Balaban J connectivity index is 4.17. The first kappa shape index (κ1) is 13.9. The van der Waals surface area contributed by atoms with Gasteiger partial charge in [-0.25, -0.2) is 0 Å². The van der Waals surface area contributed by atoms with Crippen LogP contribution in [-0.4, -0.2) is 36.9 Å². The first-order chi connectivity index (χ1) is 6.89. The van der Waals surface area contributed by atoms with Crippen LogP contribution in [0.25, 0.3) is 0 Å². The summed E-state index contributed by atoms with van der Waals surface area (Å²) in [6.45, 7) is 4.64. The van der Waals surface area contributed by atoms with Crippen molar-refractivity contribution in [3.05, 3.63) is 0 Å². The van der Waals surface area contributed by atoms with Crippen molar-refractivity contribution in [2.45, 2.75) is 27.2 Å². The Labute approximate surface area is 89.4 Å². The summed E-state index contributed by atoms with van der Waals surface area (Å²) < 4.78 is 9.70. The average molecular weight is 218 g/mol. The van der Waals surface area contributed by atoms with Gasteiger partial charge in [0, 0.05) is 25.9 Å². The maximum atomic E-state index is 10.6. The molecule has 0 atom stereocenters. The second kappa shape index (κ2) is 6.40. The van der Waals surface area contributed by atoms with Gasteiger partial charge in [-0.1, -0.05) is 6.92 Å². The smallest absolute Gasteiger partial charge is 0.302 e. The molecule has 0 amide bonds. The van der Waals surface area contributed by atoms with Gasteiger partial charge in [-0.3, -0.25) is 9.59 Å². The highest BCUT2D eigenvalue weighted by molar-refractivity contribution is 5.66. The number of aliphatic hydroxyl groups excluding tert-OH is 1. The molecule has 88 valence electrons. The number of esters is 2. The van der Waals surface area contributed by atoms with E-state index < -0.39 is 5.41 Å². The minimum Gasteiger partial charge on any atom is -0.465 e. The predicted molar refractivity (Wildman–Crippen MR) is 53.1 cm³/mol. The Morgan fingerprint density at radius 1 is 1.13 bits per heavy atom. The molecule has 15 heavy (non-hydrogen) atoms. The summed E-state index contributed by atoms with van der Waals surface area (Å²) in [5.41, 5.74) is -0.522. The third-order valence-corrected chi connectivity index (χ3v) is 1.96. The molecular weight excluding hydrogens is 200 g/mol. The molecule has 0 rings (SSSR count). The fourth-order valence-corrected chi connectivity index (χ4v) is 1.01. The Morgan fingerprint density at radius 2 is 1.53 bits per heavy atom. The number of hydrogen-bond acceptors (Lipinski definition) is 5. The van der Waals surface area contributed by atoms with E-state index in [2.05, 4.69) is 0 Å². The normalized spacial score (nSPS) is 10.9. The summed E-state index contributed by atoms with van der Waals surface area (Å²) in [5, 5.41) is 8.85. The van der Waals surface area contributed by atoms with Gasteiger partial charge in [0.2, 0.25) is 0 Å². The number of ether oxygens (including phenoxy) is 2. The lowest BCUT2D eigenvalue weighted by Crippen LogP contribution is -2.32. The van der Waals surface area contributed by atoms with Crippen LogP contribution in [0, 0.1) is 5.41 Å². The molecule has 0 saturated carbocycles. The second-order valence-electron chi connectivity index (χ2n) is 3.84. The lowest BCUT2D eigenvalue weighted by atomic mass is 9.89. The number of hydrogen-bond donors (Lipinski definition) is 1. The standard InChI is InChI=1S/C10H18O5/c1-8(12)14-6-10(3,4-5-11)7-15-9(2)13/h11H,4-7H2,1-3H3. The zero-order valence-electron chi connectivity index (χ0n) is 9.41. The minimum atomic E-state index is -0.522. The van der Waals surface area contributed by atoms with Crippen LogP contribution in [-0.2, 0) is 19.1 Å². The zero-order valence-corrected chi connectivity index (χ0v) is 9.41. The SMILES string of the molecule is CC(=O)OCC(C)(CCO)COC(C)=O. The van der Waals surface area contributed by atoms with Crippen LogP contribution >= 0.6 is 0 Å². The summed E-state index contributed by atoms with van der Waals surface area (Å²) in [7, 11) is 0. The van der Waals surface area contributed by atoms with E-state index in [1.165, 1.54) is 13.8 Å². The first-order valence-corrected chi connectivity index (χ1v) is 4.77. The van der Waals surface area contributed by atoms with Crippen LogP contribution in [0.3, 0.4) is 0 Å². The summed E-state index contributed by atoms with van der Waals surface area (Å²) in [4.78, 5) is 21.3. The van der Waals surface area contributed by atoms with E-state index in [4.69, 9.17) is 14.6 Å². The number of aliphatic hydroxyl groups is 1. The van der Waals surface area contributed by atoms with Crippen LogP contribution in [0.4, 0.5) is 0 Å².